The van der Waals surface area contributed by atoms with Gasteiger partial charge >= 0.3 is 0 Å². The van der Waals surface area contributed by atoms with Crippen LogP contribution in [0.4, 0.5) is 0 Å². The fourth-order valence-corrected chi connectivity index (χ4v) is 2.05. The summed E-state index contributed by atoms with van der Waals surface area (Å²) in [4.78, 5) is 0. The fraction of sp³-hybridized carbons (Fsp3) is 0.600. The highest BCUT2D eigenvalue weighted by Gasteiger charge is 2.10. The Morgan fingerprint density at radius 3 is 2.06 bits per heavy atom. The molecule has 0 aliphatic heterocycles. The zero-order valence-corrected chi connectivity index (χ0v) is 11.3. The quantitative estimate of drug-likeness (QED) is 0.812. The minimum Gasteiger partial charge on any atom is -0.324 e. The molecule has 1 aromatic carbocycles. The van der Waals surface area contributed by atoms with Crippen LogP contribution in [0.1, 0.15) is 55.0 Å². The van der Waals surface area contributed by atoms with E-state index in [4.69, 9.17) is 5.73 Å². The molecule has 2 N–H and O–H groups in total. The van der Waals surface area contributed by atoms with Gasteiger partial charge in [0.05, 0.1) is 0 Å². The SMILES string of the molecule is Cc1cc(C)c(C(N)CCC(C)C)cc1C. The summed E-state index contributed by atoms with van der Waals surface area (Å²) in [5, 5.41) is 0. The fourth-order valence-electron chi connectivity index (χ4n) is 2.05. The van der Waals surface area contributed by atoms with Crippen molar-refractivity contribution in [3.05, 3.63) is 34.4 Å². The molecule has 0 aliphatic rings. The molecule has 0 aliphatic carbocycles. The number of nitrogens with two attached hydrogens (primary N) is 1. The van der Waals surface area contributed by atoms with Gasteiger partial charge < -0.3 is 5.73 Å². The lowest BCUT2D eigenvalue weighted by atomic mass is 9.92. The van der Waals surface area contributed by atoms with E-state index >= 15 is 0 Å². The number of benzene rings is 1. The van der Waals surface area contributed by atoms with Gasteiger partial charge in [-0.25, -0.2) is 0 Å². The minimum atomic E-state index is 0.196. The summed E-state index contributed by atoms with van der Waals surface area (Å²) in [6.45, 7) is 11.0. The third-order valence-corrected chi connectivity index (χ3v) is 3.34. The standard InChI is InChI=1S/C15H25N/c1-10(2)6-7-15(16)14-9-12(4)11(3)8-13(14)5/h8-10,15H,6-7,16H2,1-5H3. The van der Waals surface area contributed by atoms with Crippen LogP contribution in [0, 0.1) is 26.7 Å². The van der Waals surface area contributed by atoms with Gasteiger partial charge in [-0.15, -0.1) is 0 Å². The molecule has 0 aromatic heterocycles. The number of aryl methyl sites for hydroxylation is 3. The largest absolute Gasteiger partial charge is 0.324 e. The minimum absolute atomic E-state index is 0.196. The van der Waals surface area contributed by atoms with Crippen molar-refractivity contribution >= 4 is 0 Å². The summed E-state index contributed by atoms with van der Waals surface area (Å²) < 4.78 is 0. The first-order valence-corrected chi connectivity index (χ1v) is 6.25. The number of rotatable bonds is 4. The Morgan fingerprint density at radius 2 is 1.50 bits per heavy atom. The maximum Gasteiger partial charge on any atom is 0.0297 e. The van der Waals surface area contributed by atoms with Gasteiger partial charge in [0.15, 0.2) is 0 Å². The van der Waals surface area contributed by atoms with Crippen LogP contribution >= 0.6 is 0 Å². The molecule has 1 atom stereocenters. The van der Waals surface area contributed by atoms with Crippen LogP contribution in [-0.2, 0) is 0 Å². The van der Waals surface area contributed by atoms with Gasteiger partial charge in [-0.2, -0.15) is 0 Å². The average Bonchev–Trinajstić information content (AvgIpc) is 2.20. The van der Waals surface area contributed by atoms with Gasteiger partial charge in [0.2, 0.25) is 0 Å². The van der Waals surface area contributed by atoms with Crippen LogP contribution in [0.25, 0.3) is 0 Å². The molecule has 0 radical (unpaired) electrons. The lowest BCUT2D eigenvalue weighted by molar-refractivity contribution is 0.506. The van der Waals surface area contributed by atoms with E-state index in [1.54, 1.807) is 0 Å². The van der Waals surface area contributed by atoms with Crippen molar-refractivity contribution in [1.29, 1.82) is 0 Å². The van der Waals surface area contributed by atoms with Crippen molar-refractivity contribution in [2.24, 2.45) is 11.7 Å². The Morgan fingerprint density at radius 1 is 0.938 bits per heavy atom. The van der Waals surface area contributed by atoms with Crippen LogP contribution in [0.3, 0.4) is 0 Å². The van der Waals surface area contributed by atoms with E-state index in [1.165, 1.54) is 28.7 Å². The summed E-state index contributed by atoms with van der Waals surface area (Å²) in [5.41, 5.74) is 11.6. The summed E-state index contributed by atoms with van der Waals surface area (Å²) in [5.74, 6) is 0.734. The molecule has 1 rings (SSSR count). The lowest BCUT2D eigenvalue weighted by Crippen LogP contribution is -2.13. The number of hydrogen-bond acceptors (Lipinski definition) is 1. The van der Waals surface area contributed by atoms with Crippen molar-refractivity contribution in [2.75, 3.05) is 0 Å². The molecule has 0 bridgehead atoms. The topological polar surface area (TPSA) is 26.0 Å². The van der Waals surface area contributed by atoms with E-state index in [0.29, 0.717) is 0 Å². The maximum absolute atomic E-state index is 6.26. The van der Waals surface area contributed by atoms with E-state index in [1.807, 2.05) is 0 Å². The van der Waals surface area contributed by atoms with Gasteiger partial charge in [-0.05, 0) is 61.8 Å². The maximum atomic E-state index is 6.26. The third-order valence-electron chi connectivity index (χ3n) is 3.34. The van der Waals surface area contributed by atoms with Crippen LogP contribution in [-0.4, -0.2) is 0 Å². The molecule has 1 heteroatoms. The van der Waals surface area contributed by atoms with Crippen LogP contribution in [0.15, 0.2) is 12.1 Å². The van der Waals surface area contributed by atoms with E-state index < -0.39 is 0 Å². The predicted octanol–water partition coefficient (Wildman–Crippen LogP) is 4.05. The second kappa shape index (κ2) is 5.49. The molecule has 0 spiro atoms. The smallest absolute Gasteiger partial charge is 0.0297 e. The Labute approximate surface area is 100 Å². The summed E-state index contributed by atoms with van der Waals surface area (Å²) in [7, 11) is 0. The normalized spacial score (nSPS) is 13.2. The molecule has 0 saturated carbocycles. The molecular weight excluding hydrogens is 194 g/mol. The van der Waals surface area contributed by atoms with Crippen molar-refractivity contribution in [1.82, 2.24) is 0 Å². The summed E-state index contributed by atoms with van der Waals surface area (Å²) in [6, 6.07) is 4.71. The molecule has 90 valence electrons. The average molecular weight is 219 g/mol. The molecule has 1 nitrogen and oxygen atoms in total. The second-order valence-electron chi connectivity index (χ2n) is 5.37. The third kappa shape index (κ3) is 3.34. The van der Waals surface area contributed by atoms with Gasteiger partial charge in [-0.3, -0.25) is 0 Å². The Bertz CT molecular complexity index is 353. The highest BCUT2D eigenvalue weighted by molar-refractivity contribution is 5.38. The van der Waals surface area contributed by atoms with E-state index in [0.717, 1.165) is 12.3 Å². The van der Waals surface area contributed by atoms with Crippen molar-refractivity contribution in [3.8, 4) is 0 Å². The molecule has 0 amide bonds. The molecule has 0 heterocycles. The van der Waals surface area contributed by atoms with Crippen LogP contribution in [0.2, 0.25) is 0 Å². The molecule has 0 fully saturated rings. The molecular formula is C15H25N. The zero-order chi connectivity index (χ0) is 12.3. The molecule has 1 unspecified atom stereocenters. The first-order valence-electron chi connectivity index (χ1n) is 6.25. The molecule has 16 heavy (non-hydrogen) atoms. The highest BCUT2D eigenvalue weighted by atomic mass is 14.6. The molecule has 1 aromatic rings. The second-order valence-corrected chi connectivity index (χ2v) is 5.37. The van der Waals surface area contributed by atoms with Gasteiger partial charge in [-0.1, -0.05) is 26.0 Å². The Balaban J connectivity index is 2.82. The Hall–Kier alpha value is -0.820. The summed E-state index contributed by atoms with van der Waals surface area (Å²) in [6.07, 6.45) is 2.29. The first-order chi connectivity index (χ1) is 7.41. The zero-order valence-electron chi connectivity index (χ0n) is 11.3. The molecule has 0 saturated heterocycles. The van der Waals surface area contributed by atoms with E-state index in [2.05, 4.69) is 46.8 Å². The summed E-state index contributed by atoms with van der Waals surface area (Å²) >= 11 is 0. The van der Waals surface area contributed by atoms with E-state index in [-0.39, 0.29) is 6.04 Å². The lowest BCUT2D eigenvalue weighted by Gasteiger charge is -2.17. The van der Waals surface area contributed by atoms with Crippen LogP contribution in [0.5, 0.6) is 0 Å². The van der Waals surface area contributed by atoms with Crippen molar-refractivity contribution in [2.45, 2.75) is 53.5 Å². The van der Waals surface area contributed by atoms with Crippen molar-refractivity contribution < 1.29 is 0 Å². The highest BCUT2D eigenvalue weighted by Crippen LogP contribution is 2.24. The van der Waals surface area contributed by atoms with Crippen molar-refractivity contribution in [3.63, 3.8) is 0 Å². The van der Waals surface area contributed by atoms with Gasteiger partial charge in [0.25, 0.3) is 0 Å². The monoisotopic (exact) mass is 219 g/mol. The van der Waals surface area contributed by atoms with Gasteiger partial charge in [0, 0.05) is 6.04 Å². The number of hydrogen-bond donors (Lipinski definition) is 1. The predicted molar refractivity (Wildman–Crippen MR) is 71.7 cm³/mol. The van der Waals surface area contributed by atoms with Gasteiger partial charge in [0.1, 0.15) is 0 Å². The Kier molecular flexibility index (Phi) is 4.55. The van der Waals surface area contributed by atoms with Crippen LogP contribution < -0.4 is 5.73 Å². The first kappa shape index (κ1) is 13.2. The van der Waals surface area contributed by atoms with E-state index in [9.17, 15) is 0 Å².